The van der Waals surface area contributed by atoms with E-state index in [9.17, 15) is 19.7 Å². The van der Waals surface area contributed by atoms with Crippen LogP contribution in [0.4, 0.5) is 11.4 Å². The van der Waals surface area contributed by atoms with Crippen molar-refractivity contribution < 1.29 is 14.5 Å². The lowest BCUT2D eigenvalue weighted by Gasteiger charge is -2.06. The average Bonchev–Trinajstić information content (AvgIpc) is 2.40. The summed E-state index contributed by atoms with van der Waals surface area (Å²) in [4.78, 5) is 32.9. The molecule has 108 valence electrons. The Morgan fingerprint density at radius 2 is 2.00 bits per heavy atom. The molecule has 9 heteroatoms. The summed E-state index contributed by atoms with van der Waals surface area (Å²) in [5.41, 5.74) is -0.245. The van der Waals surface area contributed by atoms with Crippen molar-refractivity contribution in [3.63, 3.8) is 0 Å². The molecule has 0 atom stereocenters. The molecule has 0 aliphatic rings. The van der Waals surface area contributed by atoms with Crippen LogP contribution in [0.15, 0.2) is 18.2 Å². The second-order valence-corrected chi connectivity index (χ2v) is 4.46. The van der Waals surface area contributed by atoms with Crippen molar-refractivity contribution in [2.45, 2.75) is 6.42 Å². The van der Waals surface area contributed by atoms with Gasteiger partial charge in [0.15, 0.2) is 0 Å². The third-order valence-corrected chi connectivity index (χ3v) is 2.79. The zero-order chi connectivity index (χ0) is 15.1. The van der Waals surface area contributed by atoms with E-state index in [1.165, 1.54) is 12.1 Å². The predicted molar refractivity (Wildman–Crippen MR) is 75.1 cm³/mol. The molecule has 0 aliphatic heterocycles. The third kappa shape index (κ3) is 4.67. The maximum atomic E-state index is 11.5. The summed E-state index contributed by atoms with van der Waals surface area (Å²) in [6.07, 6.45) is 0.535. The lowest BCUT2D eigenvalue weighted by atomic mass is 10.2. The Bertz CT molecular complexity index is 536. The summed E-state index contributed by atoms with van der Waals surface area (Å²) in [7, 11) is 0. The standard InChI is InChI=1S/C11H11Cl2N3O4/c12-4-1-5-14-10(17)11(18)15-7-2-3-8(13)9(6-7)16(19)20/h2-3,6H,1,4-5H2,(H,14,17)(H,15,18). The number of anilines is 1. The minimum Gasteiger partial charge on any atom is -0.348 e. The minimum atomic E-state index is -0.920. The fraction of sp³-hybridized carbons (Fsp3) is 0.273. The van der Waals surface area contributed by atoms with Gasteiger partial charge in [0, 0.05) is 24.2 Å². The number of nitro groups is 1. The maximum Gasteiger partial charge on any atom is 0.313 e. The molecule has 0 unspecified atom stereocenters. The molecule has 0 saturated heterocycles. The average molecular weight is 320 g/mol. The van der Waals surface area contributed by atoms with Gasteiger partial charge in [0.2, 0.25) is 0 Å². The molecule has 0 fully saturated rings. The highest BCUT2D eigenvalue weighted by Gasteiger charge is 2.17. The van der Waals surface area contributed by atoms with Crippen molar-refractivity contribution in [2.75, 3.05) is 17.7 Å². The Hall–Kier alpha value is -1.86. The normalized spacial score (nSPS) is 9.90. The zero-order valence-electron chi connectivity index (χ0n) is 10.2. The van der Waals surface area contributed by atoms with E-state index in [0.717, 1.165) is 6.07 Å². The molecule has 0 aliphatic carbocycles. The van der Waals surface area contributed by atoms with Crippen molar-refractivity contribution in [1.82, 2.24) is 5.32 Å². The number of carbonyl (C=O) groups excluding carboxylic acids is 2. The first-order valence-corrected chi connectivity index (χ1v) is 6.46. The van der Waals surface area contributed by atoms with Crippen LogP contribution in [0.5, 0.6) is 0 Å². The van der Waals surface area contributed by atoms with E-state index in [4.69, 9.17) is 23.2 Å². The number of halogens is 2. The molecule has 1 aromatic rings. The summed E-state index contributed by atoms with van der Waals surface area (Å²) >= 11 is 11.1. The smallest absolute Gasteiger partial charge is 0.313 e. The van der Waals surface area contributed by atoms with Crippen LogP contribution in [0.25, 0.3) is 0 Å². The Morgan fingerprint density at radius 1 is 1.30 bits per heavy atom. The number of hydrogen-bond acceptors (Lipinski definition) is 4. The van der Waals surface area contributed by atoms with Crippen LogP contribution in [0.1, 0.15) is 6.42 Å². The predicted octanol–water partition coefficient (Wildman–Crippen LogP) is 1.93. The van der Waals surface area contributed by atoms with Gasteiger partial charge in [0.1, 0.15) is 5.02 Å². The van der Waals surface area contributed by atoms with Gasteiger partial charge in [-0.3, -0.25) is 19.7 Å². The molecule has 7 nitrogen and oxygen atoms in total. The van der Waals surface area contributed by atoms with E-state index in [-0.39, 0.29) is 22.9 Å². The lowest BCUT2D eigenvalue weighted by Crippen LogP contribution is -2.36. The number of nitrogens with zero attached hydrogens (tertiary/aromatic N) is 1. The lowest BCUT2D eigenvalue weighted by molar-refractivity contribution is -0.384. The molecular formula is C11H11Cl2N3O4. The molecule has 0 aromatic heterocycles. The summed E-state index contributed by atoms with van der Waals surface area (Å²) < 4.78 is 0. The highest BCUT2D eigenvalue weighted by atomic mass is 35.5. The molecule has 2 amide bonds. The Morgan fingerprint density at radius 3 is 2.60 bits per heavy atom. The number of hydrogen-bond donors (Lipinski definition) is 2. The number of nitro benzene ring substituents is 1. The van der Waals surface area contributed by atoms with Gasteiger partial charge in [-0.1, -0.05) is 11.6 Å². The van der Waals surface area contributed by atoms with Crippen LogP contribution in [-0.4, -0.2) is 29.2 Å². The Balaban J connectivity index is 2.68. The van der Waals surface area contributed by atoms with Crippen LogP contribution in [0.2, 0.25) is 5.02 Å². The van der Waals surface area contributed by atoms with Crippen molar-refractivity contribution in [1.29, 1.82) is 0 Å². The van der Waals surface area contributed by atoms with E-state index in [0.29, 0.717) is 12.3 Å². The van der Waals surface area contributed by atoms with Crippen LogP contribution in [0.3, 0.4) is 0 Å². The van der Waals surface area contributed by atoms with Crippen LogP contribution in [-0.2, 0) is 9.59 Å². The van der Waals surface area contributed by atoms with Gasteiger partial charge in [-0.2, -0.15) is 0 Å². The molecule has 0 heterocycles. The molecule has 1 rings (SSSR count). The van der Waals surface area contributed by atoms with E-state index < -0.39 is 16.7 Å². The van der Waals surface area contributed by atoms with E-state index in [2.05, 4.69) is 10.6 Å². The molecule has 20 heavy (non-hydrogen) atoms. The van der Waals surface area contributed by atoms with Crippen LogP contribution in [0, 0.1) is 10.1 Å². The molecular weight excluding hydrogens is 309 g/mol. The summed E-state index contributed by atoms with van der Waals surface area (Å²) in [5, 5.41) is 15.2. The second-order valence-electron chi connectivity index (χ2n) is 3.68. The third-order valence-electron chi connectivity index (χ3n) is 2.20. The molecule has 2 N–H and O–H groups in total. The summed E-state index contributed by atoms with van der Waals surface area (Å²) in [5.74, 6) is -1.39. The topological polar surface area (TPSA) is 101 Å². The fourth-order valence-electron chi connectivity index (χ4n) is 1.27. The van der Waals surface area contributed by atoms with Gasteiger partial charge in [-0.15, -0.1) is 11.6 Å². The first-order valence-electron chi connectivity index (χ1n) is 5.54. The van der Waals surface area contributed by atoms with Gasteiger partial charge < -0.3 is 10.6 Å². The van der Waals surface area contributed by atoms with Crippen molar-refractivity contribution in [3.8, 4) is 0 Å². The van der Waals surface area contributed by atoms with Crippen molar-refractivity contribution in [2.24, 2.45) is 0 Å². The van der Waals surface area contributed by atoms with Crippen LogP contribution < -0.4 is 10.6 Å². The fourth-order valence-corrected chi connectivity index (χ4v) is 1.59. The number of alkyl halides is 1. The molecule has 1 aromatic carbocycles. The maximum absolute atomic E-state index is 11.5. The highest BCUT2D eigenvalue weighted by molar-refractivity contribution is 6.39. The first-order chi connectivity index (χ1) is 9.45. The summed E-state index contributed by atoms with van der Waals surface area (Å²) in [6.45, 7) is 0.274. The molecule has 0 spiro atoms. The van der Waals surface area contributed by atoms with E-state index >= 15 is 0 Å². The van der Waals surface area contributed by atoms with Gasteiger partial charge >= 0.3 is 11.8 Å². The zero-order valence-corrected chi connectivity index (χ0v) is 11.7. The van der Waals surface area contributed by atoms with Gasteiger partial charge in [0.25, 0.3) is 5.69 Å². The van der Waals surface area contributed by atoms with Crippen molar-refractivity contribution in [3.05, 3.63) is 33.3 Å². The second kappa shape index (κ2) is 7.66. The van der Waals surface area contributed by atoms with E-state index in [1.54, 1.807) is 0 Å². The van der Waals surface area contributed by atoms with Crippen molar-refractivity contribution >= 4 is 46.4 Å². The largest absolute Gasteiger partial charge is 0.348 e. The first kappa shape index (κ1) is 16.2. The quantitative estimate of drug-likeness (QED) is 0.284. The summed E-state index contributed by atoms with van der Waals surface area (Å²) in [6, 6.07) is 3.70. The van der Waals surface area contributed by atoms with Gasteiger partial charge in [-0.05, 0) is 18.6 Å². The molecule has 0 bridgehead atoms. The Kier molecular flexibility index (Phi) is 6.20. The van der Waals surface area contributed by atoms with E-state index in [1.807, 2.05) is 0 Å². The monoisotopic (exact) mass is 319 g/mol. The Labute approximate surface area is 124 Å². The highest BCUT2D eigenvalue weighted by Crippen LogP contribution is 2.27. The molecule has 0 saturated carbocycles. The number of carbonyl (C=O) groups is 2. The number of amides is 2. The SMILES string of the molecule is O=C(NCCCCl)C(=O)Nc1ccc(Cl)c([N+](=O)[O-])c1. The van der Waals surface area contributed by atoms with Gasteiger partial charge in [0.05, 0.1) is 4.92 Å². The van der Waals surface area contributed by atoms with Gasteiger partial charge in [-0.25, -0.2) is 0 Å². The number of nitrogens with one attached hydrogen (secondary N) is 2. The number of benzene rings is 1. The molecule has 0 radical (unpaired) electrons. The van der Waals surface area contributed by atoms with Crippen LogP contribution >= 0.6 is 23.2 Å². The minimum absolute atomic E-state index is 0.0560. The number of rotatable bonds is 5.